The first-order chi connectivity index (χ1) is 14.1. The number of aryl methyl sites for hydroxylation is 1. The Morgan fingerprint density at radius 2 is 1.70 bits per heavy atom. The highest BCUT2D eigenvalue weighted by Crippen LogP contribution is 2.31. The zero-order chi connectivity index (χ0) is 22.1. The van der Waals surface area contributed by atoms with Crippen molar-refractivity contribution < 1.29 is 13.2 Å². The molecule has 1 aromatic heterocycles. The first-order valence-electron chi connectivity index (χ1n) is 8.78. The molecular formula is C20H17Cl2F3N4S. The third-order valence-electron chi connectivity index (χ3n) is 4.44. The van der Waals surface area contributed by atoms with Gasteiger partial charge < -0.3 is 10.6 Å². The third-order valence-corrected chi connectivity index (χ3v) is 5.35. The molecule has 30 heavy (non-hydrogen) atoms. The van der Waals surface area contributed by atoms with Gasteiger partial charge in [0.2, 0.25) is 0 Å². The molecule has 3 aromatic rings. The lowest BCUT2D eigenvalue weighted by Gasteiger charge is -2.13. The van der Waals surface area contributed by atoms with E-state index >= 15 is 0 Å². The Morgan fingerprint density at radius 1 is 1.07 bits per heavy atom. The van der Waals surface area contributed by atoms with Gasteiger partial charge >= 0.3 is 6.18 Å². The van der Waals surface area contributed by atoms with E-state index < -0.39 is 11.7 Å². The van der Waals surface area contributed by atoms with Crippen LogP contribution in [-0.4, -0.2) is 14.9 Å². The van der Waals surface area contributed by atoms with Crippen molar-refractivity contribution in [1.29, 1.82) is 0 Å². The maximum Gasteiger partial charge on any atom is 0.416 e. The SMILES string of the molecule is Cc1nn(Cc2c(Cl)cccc2Cl)c(C)c1NC(=S)Nc1cccc(C(F)(F)F)c1. The summed E-state index contributed by atoms with van der Waals surface area (Å²) in [6.07, 6.45) is -4.43. The van der Waals surface area contributed by atoms with E-state index in [1.54, 1.807) is 29.8 Å². The highest BCUT2D eigenvalue weighted by atomic mass is 35.5. The van der Waals surface area contributed by atoms with E-state index in [2.05, 4.69) is 15.7 Å². The minimum Gasteiger partial charge on any atom is -0.332 e. The largest absolute Gasteiger partial charge is 0.416 e. The Morgan fingerprint density at radius 3 is 2.33 bits per heavy atom. The monoisotopic (exact) mass is 472 g/mol. The normalized spacial score (nSPS) is 11.4. The molecule has 0 aliphatic rings. The molecular weight excluding hydrogens is 456 g/mol. The molecule has 0 radical (unpaired) electrons. The second-order valence-electron chi connectivity index (χ2n) is 6.56. The standard InChI is InChI=1S/C20H17Cl2F3N4S/c1-11-18(12(2)29(28-11)10-15-16(21)7-4-8-17(15)22)27-19(30)26-14-6-3-5-13(9-14)20(23,24)25/h3-9H,10H2,1-2H3,(H2,26,27,30). The predicted molar refractivity (Wildman–Crippen MR) is 119 cm³/mol. The number of halogens is 5. The number of aromatic nitrogens is 2. The molecule has 0 amide bonds. The van der Waals surface area contributed by atoms with Crippen LogP contribution in [0.4, 0.5) is 24.5 Å². The van der Waals surface area contributed by atoms with Crippen molar-refractivity contribution in [1.82, 2.24) is 9.78 Å². The first kappa shape index (κ1) is 22.4. The van der Waals surface area contributed by atoms with Crippen molar-refractivity contribution in [2.75, 3.05) is 10.6 Å². The van der Waals surface area contributed by atoms with Gasteiger partial charge in [0.25, 0.3) is 0 Å². The van der Waals surface area contributed by atoms with Crippen LogP contribution >= 0.6 is 35.4 Å². The molecule has 0 atom stereocenters. The molecule has 2 N–H and O–H groups in total. The molecule has 0 aliphatic carbocycles. The van der Waals surface area contributed by atoms with Crippen molar-refractivity contribution in [3.05, 3.63) is 75.0 Å². The Bertz CT molecular complexity index is 1080. The maximum absolute atomic E-state index is 12.9. The van der Waals surface area contributed by atoms with Gasteiger partial charge in [-0.3, -0.25) is 4.68 Å². The van der Waals surface area contributed by atoms with Crippen LogP contribution in [0.25, 0.3) is 0 Å². The van der Waals surface area contributed by atoms with Gasteiger partial charge in [-0.05, 0) is 56.4 Å². The van der Waals surface area contributed by atoms with E-state index in [1.165, 1.54) is 12.1 Å². The molecule has 0 saturated heterocycles. The molecule has 158 valence electrons. The lowest BCUT2D eigenvalue weighted by molar-refractivity contribution is -0.137. The molecule has 3 rings (SSSR count). The number of hydrogen-bond donors (Lipinski definition) is 2. The number of alkyl halides is 3. The molecule has 0 spiro atoms. The molecule has 10 heteroatoms. The van der Waals surface area contributed by atoms with Crippen LogP contribution in [-0.2, 0) is 12.7 Å². The van der Waals surface area contributed by atoms with Gasteiger partial charge in [0.1, 0.15) is 0 Å². The fourth-order valence-corrected chi connectivity index (χ4v) is 3.65. The van der Waals surface area contributed by atoms with Crippen LogP contribution in [0, 0.1) is 13.8 Å². The van der Waals surface area contributed by atoms with E-state index in [-0.39, 0.29) is 10.8 Å². The molecule has 0 saturated carbocycles. The predicted octanol–water partition coefficient (Wildman–Crippen LogP) is 6.68. The van der Waals surface area contributed by atoms with Crippen LogP contribution < -0.4 is 10.6 Å². The van der Waals surface area contributed by atoms with E-state index in [0.717, 1.165) is 23.4 Å². The van der Waals surface area contributed by atoms with Gasteiger partial charge in [0, 0.05) is 21.3 Å². The number of thiocarbonyl (C=S) groups is 1. The van der Waals surface area contributed by atoms with Crippen LogP contribution in [0.5, 0.6) is 0 Å². The molecule has 0 unspecified atom stereocenters. The number of nitrogens with one attached hydrogen (secondary N) is 2. The minimum absolute atomic E-state index is 0.149. The Balaban J connectivity index is 1.77. The fraction of sp³-hybridized carbons (Fsp3) is 0.200. The third kappa shape index (κ3) is 5.06. The first-order valence-corrected chi connectivity index (χ1v) is 9.95. The second-order valence-corrected chi connectivity index (χ2v) is 7.78. The van der Waals surface area contributed by atoms with E-state index in [9.17, 15) is 13.2 Å². The number of benzene rings is 2. The maximum atomic E-state index is 12.9. The number of rotatable bonds is 4. The molecule has 2 aromatic carbocycles. The molecule has 0 bridgehead atoms. The summed E-state index contributed by atoms with van der Waals surface area (Å²) in [5.74, 6) is 0. The van der Waals surface area contributed by atoms with Gasteiger partial charge in [-0.2, -0.15) is 18.3 Å². The van der Waals surface area contributed by atoms with Crippen molar-refractivity contribution in [2.24, 2.45) is 0 Å². The van der Waals surface area contributed by atoms with Crippen molar-refractivity contribution in [3.8, 4) is 0 Å². The summed E-state index contributed by atoms with van der Waals surface area (Å²) in [5, 5.41) is 11.5. The number of hydrogen-bond acceptors (Lipinski definition) is 2. The lowest BCUT2D eigenvalue weighted by Crippen LogP contribution is -2.20. The topological polar surface area (TPSA) is 41.9 Å². The van der Waals surface area contributed by atoms with Crippen LogP contribution in [0.1, 0.15) is 22.5 Å². The second kappa shape index (κ2) is 8.83. The van der Waals surface area contributed by atoms with Crippen LogP contribution in [0.15, 0.2) is 42.5 Å². The molecule has 0 fully saturated rings. The van der Waals surface area contributed by atoms with Crippen molar-refractivity contribution in [2.45, 2.75) is 26.6 Å². The van der Waals surface area contributed by atoms with Crippen molar-refractivity contribution in [3.63, 3.8) is 0 Å². The summed E-state index contributed by atoms with van der Waals surface area (Å²) in [7, 11) is 0. The van der Waals surface area contributed by atoms with Gasteiger partial charge in [-0.15, -0.1) is 0 Å². The lowest BCUT2D eigenvalue weighted by atomic mass is 10.2. The zero-order valence-electron chi connectivity index (χ0n) is 15.9. The Labute approximate surface area is 187 Å². The molecule has 4 nitrogen and oxygen atoms in total. The average Bonchev–Trinajstić information content (AvgIpc) is 2.92. The summed E-state index contributed by atoms with van der Waals surface area (Å²) in [6, 6.07) is 10.1. The quantitative estimate of drug-likeness (QED) is 0.415. The zero-order valence-corrected chi connectivity index (χ0v) is 18.3. The summed E-state index contributed by atoms with van der Waals surface area (Å²) >= 11 is 17.8. The summed E-state index contributed by atoms with van der Waals surface area (Å²) in [6.45, 7) is 4.01. The molecule has 1 heterocycles. The fourth-order valence-electron chi connectivity index (χ4n) is 2.91. The Kier molecular flexibility index (Phi) is 6.59. The van der Waals surface area contributed by atoms with Crippen LogP contribution in [0.3, 0.4) is 0 Å². The van der Waals surface area contributed by atoms with E-state index in [0.29, 0.717) is 28.0 Å². The van der Waals surface area contributed by atoms with Gasteiger partial charge in [0.05, 0.1) is 29.2 Å². The van der Waals surface area contributed by atoms with Crippen molar-refractivity contribution >= 4 is 51.9 Å². The Hall–Kier alpha value is -2.29. The van der Waals surface area contributed by atoms with Gasteiger partial charge in [-0.1, -0.05) is 35.3 Å². The van der Waals surface area contributed by atoms with Gasteiger partial charge in [-0.25, -0.2) is 0 Å². The smallest absolute Gasteiger partial charge is 0.332 e. The highest BCUT2D eigenvalue weighted by molar-refractivity contribution is 7.80. The van der Waals surface area contributed by atoms with E-state index in [4.69, 9.17) is 35.4 Å². The number of anilines is 2. The van der Waals surface area contributed by atoms with Gasteiger partial charge in [0.15, 0.2) is 5.11 Å². The minimum atomic E-state index is -4.43. The van der Waals surface area contributed by atoms with Crippen LogP contribution in [0.2, 0.25) is 10.0 Å². The summed E-state index contributed by atoms with van der Waals surface area (Å²) < 4.78 is 40.4. The number of nitrogens with zero attached hydrogens (tertiary/aromatic N) is 2. The molecule has 0 aliphatic heterocycles. The van der Waals surface area contributed by atoms with E-state index in [1.807, 2.05) is 6.92 Å². The highest BCUT2D eigenvalue weighted by Gasteiger charge is 2.30. The summed E-state index contributed by atoms with van der Waals surface area (Å²) in [5.41, 5.74) is 2.31. The summed E-state index contributed by atoms with van der Waals surface area (Å²) in [4.78, 5) is 0. The average molecular weight is 473 g/mol.